The van der Waals surface area contributed by atoms with E-state index in [1.807, 2.05) is 5.01 Å². The van der Waals surface area contributed by atoms with Gasteiger partial charge in [-0.15, -0.1) is 0 Å². The second kappa shape index (κ2) is 3.76. The molecule has 0 radical (unpaired) electrons. The van der Waals surface area contributed by atoms with Gasteiger partial charge >= 0.3 is 0 Å². The summed E-state index contributed by atoms with van der Waals surface area (Å²) in [5.41, 5.74) is 3.35. The lowest BCUT2D eigenvalue weighted by Gasteiger charge is -2.31. The van der Waals surface area contributed by atoms with Crippen LogP contribution in [0.15, 0.2) is 0 Å². The van der Waals surface area contributed by atoms with E-state index in [0.717, 1.165) is 19.5 Å². The molecule has 0 aliphatic carbocycles. The summed E-state index contributed by atoms with van der Waals surface area (Å²) in [7, 11) is 0. The molecule has 2 unspecified atom stereocenters. The van der Waals surface area contributed by atoms with E-state index in [1.165, 1.54) is 0 Å². The molecule has 2 aliphatic rings. The molecule has 2 saturated heterocycles. The molecule has 4 nitrogen and oxygen atoms in total. The molecule has 86 valence electrons. The molecule has 1 amide bonds. The zero-order chi connectivity index (χ0) is 11.1. The zero-order valence-electron chi connectivity index (χ0n) is 9.84. The van der Waals surface area contributed by atoms with Gasteiger partial charge < -0.3 is 5.32 Å². The van der Waals surface area contributed by atoms with Crippen molar-refractivity contribution < 1.29 is 4.79 Å². The van der Waals surface area contributed by atoms with Crippen LogP contribution in [0.2, 0.25) is 0 Å². The van der Waals surface area contributed by atoms with E-state index in [-0.39, 0.29) is 11.4 Å². The number of hydrazine groups is 1. The van der Waals surface area contributed by atoms with Crippen LogP contribution in [-0.2, 0) is 4.79 Å². The molecule has 4 heteroatoms. The SMILES string of the molecule is CC(C)C1(C)CC(=O)N(C2CCNC2)N1. The Morgan fingerprint density at radius 1 is 1.53 bits per heavy atom. The highest BCUT2D eigenvalue weighted by Gasteiger charge is 2.44. The van der Waals surface area contributed by atoms with Gasteiger partial charge in [0, 0.05) is 18.5 Å². The first-order chi connectivity index (χ1) is 7.03. The van der Waals surface area contributed by atoms with Crippen molar-refractivity contribution in [1.29, 1.82) is 0 Å². The monoisotopic (exact) mass is 211 g/mol. The molecular formula is C11H21N3O. The summed E-state index contributed by atoms with van der Waals surface area (Å²) < 4.78 is 0. The number of amides is 1. The van der Waals surface area contributed by atoms with E-state index in [2.05, 4.69) is 31.5 Å². The lowest BCUT2D eigenvalue weighted by atomic mass is 9.87. The van der Waals surface area contributed by atoms with Crippen LogP contribution in [0.4, 0.5) is 0 Å². The third-order valence-corrected chi connectivity index (χ3v) is 3.84. The summed E-state index contributed by atoms with van der Waals surface area (Å²) in [5, 5.41) is 5.15. The van der Waals surface area contributed by atoms with Crippen molar-refractivity contribution in [2.75, 3.05) is 13.1 Å². The van der Waals surface area contributed by atoms with Gasteiger partial charge in [-0.25, -0.2) is 5.43 Å². The fourth-order valence-corrected chi connectivity index (χ4v) is 2.26. The summed E-state index contributed by atoms with van der Waals surface area (Å²) in [4.78, 5) is 11.9. The van der Waals surface area contributed by atoms with Crippen LogP contribution in [0.1, 0.15) is 33.6 Å². The van der Waals surface area contributed by atoms with E-state index in [4.69, 9.17) is 0 Å². The standard InChI is InChI=1S/C11H21N3O/c1-8(2)11(3)6-10(15)14(13-11)9-4-5-12-7-9/h8-9,12-13H,4-7H2,1-3H3. The number of hydrogen-bond donors (Lipinski definition) is 2. The minimum absolute atomic E-state index is 0.0559. The summed E-state index contributed by atoms with van der Waals surface area (Å²) in [6.45, 7) is 8.41. The Bertz CT molecular complexity index is 261. The van der Waals surface area contributed by atoms with Crippen molar-refractivity contribution in [2.45, 2.75) is 45.2 Å². The number of carbonyl (C=O) groups excluding carboxylic acids is 1. The average Bonchev–Trinajstić information content (AvgIpc) is 2.73. The molecule has 0 aromatic carbocycles. The Morgan fingerprint density at radius 3 is 2.73 bits per heavy atom. The highest BCUT2D eigenvalue weighted by Crippen LogP contribution is 2.29. The third kappa shape index (κ3) is 1.88. The van der Waals surface area contributed by atoms with E-state index in [1.54, 1.807) is 0 Å². The molecule has 2 atom stereocenters. The van der Waals surface area contributed by atoms with Crippen LogP contribution in [0, 0.1) is 5.92 Å². The summed E-state index contributed by atoms with van der Waals surface area (Å²) >= 11 is 0. The van der Waals surface area contributed by atoms with Gasteiger partial charge in [0.2, 0.25) is 5.91 Å². The first-order valence-corrected chi connectivity index (χ1v) is 5.83. The predicted molar refractivity (Wildman–Crippen MR) is 59.1 cm³/mol. The molecule has 2 aliphatic heterocycles. The van der Waals surface area contributed by atoms with Crippen molar-refractivity contribution in [3.8, 4) is 0 Å². The molecule has 15 heavy (non-hydrogen) atoms. The van der Waals surface area contributed by atoms with Crippen LogP contribution >= 0.6 is 0 Å². The van der Waals surface area contributed by atoms with Gasteiger partial charge in [0.15, 0.2) is 0 Å². The van der Waals surface area contributed by atoms with Crippen LogP contribution in [0.25, 0.3) is 0 Å². The predicted octanol–water partition coefficient (Wildman–Crippen LogP) is 0.500. The molecule has 0 aromatic rings. The number of nitrogens with one attached hydrogen (secondary N) is 2. The first kappa shape index (κ1) is 10.9. The van der Waals surface area contributed by atoms with Crippen LogP contribution in [0.5, 0.6) is 0 Å². The highest BCUT2D eigenvalue weighted by molar-refractivity contribution is 5.79. The number of hydrogen-bond acceptors (Lipinski definition) is 3. The van der Waals surface area contributed by atoms with Gasteiger partial charge in [0.1, 0.15) is 0 Å². The number of nitrogens with zero attached hydrogens (tertiary/aromatic N) is 1. The van der Waals surface area contributed by atoms with Crippen LogP contribution < -0.4 is 10.7 Å². The van der Waals surface area contributed by atoms with Crippen molar-refractivity contribution in [1.82, 2.24) is 15.8 Å². The van der Waals surface area contributed by atoms with Gasteiger partial charge in [0.05, 0.1) is 6.04 Å². The molecule has 2 N–H and O–H groups in total. The molecule has 0 aromatic heterocycles. The van der Waals surface area contributed by atoms with E-state index >= 15 is 0 Å². The Morgan fingerprint density at radius 2 is 2.27 bits per heavy atom. The minimum Gasteiger partial charge on any atom is -0.315 e. The number of carbonyl (C=O) groups is 1. The highest BCUT2D eigenvalue weighted by atomic mass is 16.2. The second-order valence-corrected chi connectivity index (χ2v) is 5.27. The molecule has 2 fully saturated rings. The lowest BCUT2D eigenvalue weighted by Crippen LogP contribution is -2.51. The van der Waals surface area contributed by atoms with Crippen molar-refractivity contribution in [3.05, 3.63) is 0 Å². The Balaban J connectivity index is 2.06. The Kier molecular flexibility index (Phi) is 2.73. The lowest BCUT2D eigenvalue weighted by molar-refractivity contribution is -0.131. The largest absolute Gasteiger partial charge is 0.315 e. The smallest absolute Gasteiger partial charge is 0.238 e. The zero-order valence-corrected chi connectivity index (χ0v) is 9.84. The van der Waals surface area contributed by atoms with Gasteiger partial charge in [-0.05, 0) is 25.8 Å². The maximum Gasteiger partial charge on any atom is 0.238 e. The Hall–Kier alpha value is -0.610. The fourth-order valence-electron chi connectivity index (χ4n) is 2.26. The van der Waals surface area contributed by atoms with Gasteiger partial charge in [-0.1, -0.05) is 13.8 Å². The molecule has 0 bridgehead atoms. The summed E-state index contributed by atoms with van der Waals surface area (Å²) in [6, 6.07) is 0.345. The summed E-state index contributed by atoms with van der Waals surface area (Å²) in [6.07, 6.45) is 1.69. The Labute approximate surface area is 91.4 Å². The maximum atomic E-state index is 11.9. The molecule has 2 heterocycles. The van der Waals surface area contributed by atoms with Gasteiger partial charge in [-0.2, -0.15) is 0 Å². The normalized spacial score (nSPS) is 36.9. The van der Waals surface area contributed by atoms with E-state index in [0.29, 0.717) is 18.4 Å². The van der Waals surface area contributed by atoms with Crippen LogP contribution in [-0.4, -0.2) is 35.6 Å². The second-order valence-electron chi connectivity index (χ2n) is 5.27. The quantitative estimate of drug-likeness (QED) is 0.699. The molecular weight excluding hydrogens is 190 g/mol. The third-order valence-electron chi connectivity index (χ3n) is 3.84. The number of rotatable bonds is 2. The molecule has 0 saturated carbocycles. The molecule has 0 spiro atoms. The van der Waals surface area contributed by atoms with Crippen molar-refractivity contribution in [2.24, 2.45) is 5.92 Å². The average molecular weight is 211 g/mol. The van der Waals surface area contributed by atoms with Crippen molar-refractivity contribution >= 4 is 5.91 Å². The first-order valence-electron chi connectivity index (χ1n) is 5.83. The maximum absolute atomic E-state index is 11.9. The topological polar surface area (TPSA) is 44.4 Å². The van der Waals surface area contributed by atoms with Gasteiger partial charge in [0.25, 0.3) is 0 Å². The van der Waals surface area contributed by atoms with E-state index < -0.39 is 0 Å². The fraction of sp³-hybridized carbons (Fsp3) is 0.909. The van der Waals surface area contributed by atoms with Gasteiger partial charge in [-0.3, -0.25) is 9.80 Å². The van der Waals surface area contributed by atoms with Crippen LogP contribution in [0.3, 0.4) is 0 Å². The molecule has 2 rings (SSSR count). The van der Waals surface area contributed by atoms with E-state index in [9.17, 15) is 4.79 Å². The minimum atomic E-state index is -0.0559. The summed E-state index contributed by atoms with van der Waals surface area (Å²) in [5.74, 6) is 0.723. The van der Waals surface area contributed by atoms with Crippen molar-refractivity contribution in [3.63, 3.8) is 0 Å².